The Kier molecular flexibility index (Phi) is 10.3. The number of amides is 2. The number of rotatable bonds is 10. The highest BCUT2D eigenvalue weighted by Gasteiger charge is 2.32. The number of carbonyl (C=O) groups is 2. The van der Waals surface area contributed by atoms with Gasteiger partial charge in [-0.1, -0.05) is 59.4 Å². The van der Waals surface area contributed by atoms with E-state index in [9.17, 15) is 18.0 Å². The lowest BCUT2D eigenvalue weighted by Crippen LogP contribution is -2.52. The largest absolute Gasteiger partial charge is 0.355 e. The molecule has 0 spiro atoms. The van der Waals surface area contributed by atoms with E-state index in [1.54, 1.807) is 26.0 Å². The second kappa shape index (κ2) is 12.3. The fraction of sp³-hybridized carbons (Fsp3) is 0.364. The monoisotopic (exact) mass is 567 g/mol. The zero-order valence-corrected chi connectivity index (χ0v) is 22.7. The third-order valence-corrected chi connectivity index (χ3v) is 7.43. The van der Waals surface area contributed by atoms with Crippen LogP contribution in [0.25, 0.3) is 0 Å². The van der Waals surface area contributed by atoms with Gasteiger partial charge in [-0.3, -0.25) is 13.9 Å². The highest BCUT2D eigenvalue weighted by molar-refractivity contribution is 7.92. The van der Waals surface area contributed by atoms with Crippen molar-refractivity contribution in [3.8, 4) is 0 Å². The predicted octanol–water partition coefficient (Wildman–Crippen LogP) is 5.01. The molecule has 34 heavy (non-hydrogen) atoms. The van der Waals surface area contributed by atoms with Gasteiger partial charge in [-0.05, 0) is 49.2 Å². The Hall–Kier alpha value is -1.71. The summed E-state index contributed by atoms with van der Waals surface area (Å²) < 4.78 is 26.1. The lowest BCUT2D eigenvalue weighted by Gasteiger charge is -2.33. The molecule has 12 heteroatoms. The summed E-state index contributed by atoms with van der Waals surface area (Å²) in [4.78, 5) is 27.6. The molecule has 0 fully saturated rings. The lowest BCUT2D eigenvalue weighted by atomic mass is 10.1. The predicted molar refractivity (Wildman–Crippen MR) is 138 cm³/mol. The van der Waals surface area contributed by atoms with E-state index >= 15 is 0 Å². The maximum absolute atomic E-state index is 13.5. The van der Waals surface area contributed by atoms with Crippen LogP contribution in [-0.4, -0.2) is 50.5 Å². The van der Waals surface area contributed by atoms with Gasteiger partial charge < -0.3 is 10.2 Å². The van der Waals surface area contributed by atoms with E-state index in [-0.39, 0.29) is 28.2 Å². The van der Waals surface area contributed by atoms with Gasteiger partial charge in [0.1, 0.15) is 12.6 Å². The third-order valence-electron chi connectivity index (χ3n) is 4.96. The summed E-state index contributed by atoms with van der Waals surface area (Å²) >= 11 is 24.3. The van der Waals surface area contributed by atoms with Crippen molar-refractivity contribution in [3.05, 3.63) is 62.1 Å². The molecule has 1 N–H and O–H groups in total. The molecule has 0 saturated carbocycles. The number of carbonyl (C=O) groups excluding carboxylic acids is 2. The molecule has 0 saturated heterocycles. The van der Waals surface area contributed by atoms with Crippen LogP contribution < -0.4 is 9.62 Å². The Balaban J connectivity index is 2.48. The van der Waals surface area contributed by atoms with Crippen LogP contribution >= 0.6 is 46.4 Å². The summed E-state index contributed by atoms with van der Waals surface area (Å²) in [5.74, 6) is -0.954. The second-order valence-corrected chi connectivity index (χ2v) is 11.0. The number of sulfonamides is 1. The van der Waals surface area contributed by atoms with Gasteiger partial charge in [-0.15, -0.1) is 0 Å². The Morgan fingerprint density at radius 1 is 0.971 bits per heavy atom. The molecule has 2 aromatic rings. The Morgan fingerprint density at radius 3 is 2.18 bits per heavy atom. The Bertz CT molecular complexity index is 1160. The van der Waals surface area contributed by atoms with Crippen molar-refractivity contribution < 1.29 is 18.0 Å². The van der Waals surface area contributed by atoms with Gasteiger partial charge in [-0.25, -0.2) is 8.42 Å². The molecule has 7 nitrogen and oxygen atoms in total. The number of halogens is 4. The average molecular weight is 569 g/mol. The molecule has 0 radical (unpaired) electrons. The van der Waals surface area contributed by atoms with Crippen molar-refractivity contribution in [2.45, 2.75) is 32.9 Å². The second-order valence-electron chi connectivity index (χ2n) is 7.44. The normalized spacial score (nSPS) is 12.2. The van der Waals surface area contributed by atoms with E-state index in [2.05, 4.69) is 5.32 Å². The van der Waals surface area contributed by atoms with Crippen molar-refractivity contribution >= 4 is 73.9 Å². The molecule has 186 valence electrons. The van der Waals surface area contributed by atoms with Crippen LogP contribution in [0.1, 0.15) is 25.8 Å². The molecular formula is C22H25Cl4N3O4S. The van der Waals surface area contributed by atoms with Crippen LogP contribution in [0.5, 0.6) is 0 Å². The zero-order valence-electron chi connectivity index (χ0n) is 18.8. The minimum Gasteiger partial charge on any atom is -0.355 e. The molecule has 0 aliphatic rings. The van der Waals surface area contributed by atoms with Gasteiger partial charge in [-0.2, -0.15) is 0 Å². The van der Waals surface area contributed by atoms with Crippen LogP contribution in [0, 0.1) is 0 Å². The first-order valence-electron chi connectivity index (χ1n) is 10.3. The first kappa shape index (κ1) is 28.5. The topological polar surface area (TPSA) is 86.8 Å². The Labute approximate surface area is 220 Å². The van der Waals surface area contributed by atoms with Crippen molar-refractivity contribution in [2.75, 3.05) is 23.7 Å². The van der Waals surface area contributed by atoms with E-state index < -0.39 is 28.5 Å². The van der Waals surface area contributed by atoms with Gasteiger partial charge in [0.05, 0.1) is 22.0 Å². The van der Waals surface area contributed by atoms with Crippen LogP contribution in [0.4, 0.5) is 5.69 Å². The highest BCUT2D eigenvalue weighted by Crippen LogP contribution is 2.29. The third kappa shape index (κ3) is 7.39. The van der Waals surface area contributed by atoms with Crippen LogP contribution in [0.3, 0.4) is 0 Å². The van der Waals surface area contributed by atoms with E-state index in [1.165, 1.54) is 29.2 Å². The Morgan fingerprint density at radius 2 is 1.65 bits per heavy atom. The van der Waals surface area contributed by atoms with Crippen molar-refractivity contribution in [2.24, 2.45) is 0 Å². The average Bonchev–Trinajstić information content (AvgIpc) is 2.74. The van der Waals surface area contributed by atoms with Gasteiger partial charge in [0.25, 0.3) is 0 Å². The molecule has 0 aliphatic heterocycles. The van der Waals surface area contributed by atoms with Gasteiger partial charge in [0.15, 0.2) is 0 Å². The van der Waals surface area contributed by atoms with Crippen LogP contribution in [-0.2, 0) is 26.2 Å². The molecule has 1 unspecified atom stereocenters. The van der Waals surface area contributed by atoms with Gasteiger partial charge in [0.2, 0.25) is 21.8 Å². The van der Waals surface area contributed by atoms with E-state index in [1.807, 2.05) is 0 Å². The number of nitrogens with one attached hydrogen (secondary N) is 1. The van der Waals surface area contributed by atoms with E-state index in [0.717, 1.165) is 10.6 Å². The number of anilines is 1. The fourth-order valence-corrected chi connectivity index (χ4v) is 4.90. The SMILES string of the molecule is CCNC(=O)C(CC)N(Cc1ccc(Cl)cc1Cl)C(=O)CN(c1ccc(Cl)c(Cl)c1)S(C)(=O)=O. The molecular weight excluding hydrogens is 544 g/mol. The minimum atomic E-state index is -3.89. The van der Waals surface area contributed by atoms with E-state index in [0.29, 0.717) is 28.6 Å². The van der Waals surface area contributed by atoms with E-state index in [4.69, 9.17) is 46.4 Å². The molecule has 0 heterocycles. The molecule has 2 aromatic carbocycles. The number of nitrogens with zero attached hydrogens (tertiary/aromatic N) is 2. The zero-order chi connectivity index (χ0) is 25.6. The fourth-order valence-electron chi connectivity index (χ4n) is 3.30. The number of hydrogen-bond acceptors (Lipinski definition) is 4. The number of benzene rings is 2. The van der Waals surface area contributed by atoms with Crippen molar-refractivity contribution in [3.63, 3.8) is 0 Å². The number of likely N-dealkylation sites (N-methyl/N-ethyl adjacent to an activating group) is 1. The van der Waals surface area contributed by atoms with Crippen molar-refractivity contribution in [1.29, 1.82) is 0 Å². The van der Waals surface area contributed by atoms with Gasteiger partial charge in [0, 0.05) is 23.1 Å². The first-order valence-corrected chi connectivity index (χ1v) is 13.7. The van der Waals surface area contributed by atoms with Crippen molar-refractivity contribution in [1.82, 2.24) is 10.2 Å². The maximum atomic E-state index is 13.5. The summed E-state index contributed by atoms with van der Waals surface area (Å²) in [5, 5.41) is 3.84. The summed E-state index contributed by atoms with van der Waals surface area (Å²) in [6.45, 7) is 3.32. The lowest BCUT2D eigenvalue weighted by molar-refractivity contribution is -0.140. The summed E-state index contributed by atoms with van der Waals surface area (Å²) in [5.41, 5.74) is 0.725. The maximum Gasteiger partial charge on any atom is 0.244 e. The molecule has 1 atom stereocenters. The quantitative estimate of drug-likeness (QED) is 0.436. The summed E-state index contributed by atoms with van der Waals surface area (Å²) in [6.07, 6.45) is 1.28. The minimum absolute atomic E-state index is 0.0244. The van der Waals surface area contributed by atoms with Gasteiger partial charge >= 0.3 is 0 Å². The standard InChI is InChI=1S/C22H25Cl4N3O4S/c1-4-20(22(31)27-5-2)28(12-14-6-7-15(23)10-18(14)25)21(30)13-29(34(3,32)33)16-8-9-17(24)19(26)11-16/h6-11,20H,4-5,12-13H2,1-3H3,(H,27,31). The highest BCUT2D eigenvalue weighted by atomic mass is 35.5. The van der Waals surface area contributed by atoms with Crippen LogP contribution in [0.15, 0.2) is 36.4 Å². The summed E-state index contributed by atoms with van der Waals surface area (Å²) in [6, 6.07) is 8.21. The van der Waals surface area contributed by atoms with Crippen LogP contribution in [0.2, 0.25) is 20.1 Å². The molecule has 0 aromatic heterocycles. The molecule has 0 bridgehead atoms. The molecule has 2 rings (SSSR count). The smallest absolute Gasteiger partial charge is 0.244 e. The molecule has 2 amide bonds. The molecule has 0 aliphatic carbocycles. The summed E-state index contributed by atoms with van der Waals surface area (Å²) in [7, 11) is -3.89. The number of hydrogen-bond donors (Lipinski definition) is 1. The first-order chi connectivity index (χ1) is 15.9.